The molecule has 0 aromatic heterocycles. The number of hydrogen-bond donors (Lipinski definition) is 0. The van der Waals surface area contributed by atoms with Crippen LogP contribution in [0.5, 0.6) is 0 Å². The van der Waals surface area contributed by atoms with Crippen molar-refractivity contribution < 1.29 is 9.59 Å². The third-order valence-electron chi connectivity index (χ3n) is 6.39. The van der Waals surface area contributed by atoms with E-state index in [0.717, 1.165) is 50.1 Å². The van der Waals surface area contributed by atoms with Gasteiger partial charge in [-0.1, -0.05) is 36.4 Å². The molecule has 0 radical (unpaired) electrons. The number of hydrogen-bond acceptors (Lipinski definition) is 2. The number of benzene rings is 2. The first-order valence-electron chi connectivity index (χ1n) is 10.3. The summed E-state index contributed by atoms with van der Waals surface area (Å²) < 4.78 is 0. The van der Waals surface area contributed by atoms with Crippen molar-refractivity contribution in [2.24, 2.45) is 5.92 Å². The second-order valence-electron chi connectivity index (χ2n) is 7.94. The van der Waals surface area contributed by atoms with Crippen molar-refractivity contribution in [3.63, 3.8) is 0 Å². The Bertz CT molecular complexity index is 842. The zero-order chi connectivity index (χ0) is 19.1. The summed E-state index contributed by atoms with van der Waals surface area (Å²) >= 11 is 0. The molecule has 0 spiro atoms. The van der Waals surface area contributed by atoms with Crippen molar-refractivity contribution in [3.8, 4) is 0 Å². The number of anilines is 2. The van der Waals surface area contributed by atoms with E-state index in [2.05, 4.69) is 12.1 Å². The third kappa shape index (κ3) is 2.86. The largest absolute Gasteiger partial charge is 0.324 e. The lowest BCUT2D eigenvalue weighted by Crippen LogP contribution is -2.48. The zero-order valence-electron chi connectivity index (χ0n) is 16.0. The summed E-state index contributed by atoms with van der Waals surface area (Å²) in [6, 6.07) is 16.4. The molecule has 5 rings (SSSR count). The van der Waals surface area contributed by atoms with Crippen molar-refractivity contribution >= 4 is 23.3 Å². The molecule has 1 fully saturated rings. The zero-order valence-corrected chi connectivity index (χ0v) is 16.0. The van der Waals surface area contributed by atoms with E-state index in [1.165, 1.54) is 11.1 Å². The number of carbonyl (C=O) groups is 2. The highest BCUT2D eigenvalue weighted by Crippen LogP contribution is 2.32. The summed E-state index contributed by atoms with van der Waals surface area (Å²) in [7, 11) is 0. The number of para-hydroxylation sites is 2. The van der Waals surface area contributed by atoms with Crippen LogP contribution in [0.4, 0.5) is 16.2 Å². The Balaban J connectivity index is 1.23. The van der Waals surface area contributed by atoms with Crippen LogP contribution in [0.25, 0.3) is 0 Å². The highest BCUT2D eigenvalue weighted by atomic mass is 16.2. The fourth-order valence-electron chi connectivity index (χ4n) is 4.81. The molecule has 0 N–H and O–H groups in total. The normalized spacial score (nSPS) is 18.9. The number of piperidine rings is 1. The second kappa shape index (κ2) is 6.97. The molecule has 0 unspecified atom stereocenters. The number of urea groups is 1. The van der Waals surface area contributed by atoms with Gasteiger partial charge in [0.1, 0.15) is 0 Å². The standard InChI is InChI=1S/C23H25N3O2/c27-22(25-15-11-17-5-1-3-7-20(17)25)19-9-13-24(14-10-19)23(28)26-16-12-18-6-2-4-8-21(18)26/h1-8,19H,9-16H2. The van der Waals surface area contributed by atoms with Crippen LogP contribution in [0.3, 0.4) is 0 Å². The Morgan fingerprint density at radius 3 is 1.89 bits per heavy atom. The average Bonchev–Trinajstić information content (AvgIpc) is 3.37. The summed E-state index contributed by atoms with van der Waals surface area (Å²) in [5.74, 6) is 0.240. The maximum atomic E-state index is 13.1. The van der Waals surface area contributed by atoms with Gasteiger partial charge in [-0.25, -0.2) is 4.79 Å². The maximum absolute atomic E-state index is 13.1. The Hall–Kier alpha value is -2.82. The van der Waals surface area contributed by atoms with Gasteiger partial charge < -0.3 is 9.80 Å². The average molecular weight is 375 g/mol. The molecule has 5 heteroatoms. The first-order chi connectivity index (χ1) is 13.7. The molecule has 0 bridgehead atoms. The molecule has 0 atom stereocenters. The molecule has 1 saturated heterocycles. The van der Waals surface area contributed by atoms with E-state index in [1.807, 2.05) is 51.1 Å². The van der Waals surface area contributed by atoms with Gasteiger partial charge in [0.15, 0.2) is 0 Å². The van der Waals surface area contributed by atoms with Crippen LogP contribution < -0.4 is 9.80 Å². The van der Waals surface area contributed by atoms with Crippen LogP contribution in [-0.4, -0.2) is 43.0 Å². The minimum Gasteiger partial charge on any atom is -0.324 e. The van der Waals surface area contributed by atoms with E-state index >= 15 is 0 Å². The quantitative estimate of drug-likeness (QED) is 0.766. The van der Waals surface area contributed by atoms with Gasteiger partial charge in [0, 0.05) is 43.5 Å². The van der Waals surface area contributed by atoms with Crippen molar-refractivity contribution in [1.29, 1.82) is 0 Å². The summed E-state index contributed by atoms with van der Waals surface area (Å²) in [5, 5.41) is 0. The minimum absolute atomic E-state index is 0.0149. The highest BCUT2D eigenvalue weighted by molar-refractivity contribution is 5.97. The monoisotopic (exact) mass is 375 g/mol. The van der Waals surface area contributed by atoms with Crippen molar-refractivity contribution in [2.75, 3.05) is 36.0 Å². The lowest BCUT2D eigenvalue weighted by molar-refractivity contribution is -0.123. The van der Waals surface area contributed by atoms with Crippen molar-refractivity contribution in [1.82, 2.24) is 4.90 Å². The number of nitrogens with zero attached hydrogens (tertiary/aromatic N) is 3. The van der Waals surface area contributed by atoms with E-state index in [1.54, 1.807) is 0 Å². The van der Waals surface area contributed by atoms with Gasteiger partial charge in [-0.2, -0.15) is 0 Å². The summed E-state index contributed by atoms with van der Waals surface area (Å²) in [4.78, 5) is 31.9. The first kappa shape index (κ1) is 17.3. The lowest BCUT2D eigenvalue weighted by atomic mass is 9.95. The molecular weight excluding hydrogens is 350 g/mol. The molecule has 144 valence electrons. The van der Waals surface area contributed by atoms with Gasteiger partial charge in [0.25, 0.3) is 0 Å². The van der Waals surface area contributed by atoms with Crippen LogP contribution in [0, 0.1) is 5.92 Å². The fraction of sp³-hybridized carbons (Fsp3) is 0.391. The Morgan fingerprint density at radius 1 is 0.714 bits per heavy atom. The second-order valence-corrected chi connectivity index (χ2v) is 7.94. The topological polar surface area (TPSA) is 43.9 Å². The van der Waals surface area contributed by atoms with E-state index in [4.69, 9.17) is 0 Å². The SMILES string of the molecule is O=C(C1CCN(C(=O)N2CCc3ccccc32)CC1)N1CCc2ccccc21. The molecular formula is C23H25N3O2. The van der Waals surface area contributed by atoms with Gasteiger partial charge >= 0.3 is 6.03 Å². The predicted molar refractivity (Wildman–Crippen MR) is 110 cm³/mol. The first-order valence-corrected chi connectivity index (χ1v) is 10.3. The number of rotatable bonds is 1. The summed E-state index contributed by atoms with van der Waals surface area (Å²) in [5.41, 5.74) is 4.61. The van der Waals surface area contributed by atoms with Gasteiger partial charge in [-0.15, -0.1) is 0 Å². The smallest absolute Gasteiger partial charge is 0.324 e. The molecule has 0 aliphatic carbocycles. The number of likely N-dealkylation sites (tertiary alicyclic amines) is 1. The molecule has 2 aromatic carbocycles. The Kier molecular flexibility index (Phi) is 4.30. The van der Waals surface area contributed by atoms with E-state index in [-0.39, 0.29) is 17.9 Å². The molecule has 3 aliphatic rings. The molecule has 5 nitrogen and oxygen atoms in total. The van der Waals surface area contributed by atoms with Gasteiger partial charge in [-0.3, -0.25) is 9.69 Å². The third-order valence-corrected chi connectivity index (χ3v) is 6.39. The van der Waals surface area contributed by atoms with Crippen molar-refractivity contribution in [3.05, 3.63) is 59.7 Å². The van der Waals surface area contributed by atoms with E-state index in [0.29, 0.717) is 13.1 Å². The summed E-state index contributed by atoms with van der Waals surface area (Å²) in [6.07, 6.45) is 3.36. The van der Waals surface area contributed by atoms with Gasteiger partial charge in [0.2, 0.25) is 5.91 Å². The minimum atomic E-state index is 0.0149. The van der Waals surface area contributed by atoms with Gasteiger partial charge in [0.05, 0.1) is 0 Å². The highest BCUT2D eigenvalue weighted by Gasteiger charge is 2.35. The molecule has 2 aromatic rings. The molecule has 28 heavy (non-hydrogen) atoms. The van der Waals surface area contributed by atoms with Crippen LogP contribution in [0.15, 0.2) is 48.5 Å². The van der Waals surface area contributed by atoms with Gasteiger partial charge in [-0.05, 0) is 48.9 Å². The van der Waals surface area contributed by atoms with Crippen LogP contribution in [0.2, 0.25) is 0 Å². The van der Waals surface area contributed by atoms with Crippen molar-refractivity contribution in [2.45, 2.75) is 25.7 Å². The van der Waals surface area contributed by atoms with E-state index in [9.17, 15) is 9.59 Å². The summed E-state index contributed by atoms with van der Waals surface area (Å²) in [6.45, 7) is 2.84. The van der Waals surface area contributed by atoms with Crippen LogP contribution >= 0.6 is 0 Å². The molecule has 3 amide bonds. The number of fused-ring (bicyclic) bond motifs is 2. The Labute approximate surface area is 165 Å². The molecule has 0 saturated carbocycles. The number of amides is 3. The van der Waals surface area contributed by atoms with Crippen LogP contribution in [0.1, 0.15) is 24.0 Å². The fourth-order valence-corrected chi connectivity index (χ4v) is 4.81. The number of carbonyl (C=O) groups excluding carboxylic acids is 2. The van der Waals surface area contributed by atoms with E-state index < -0.39 is 0 Å². The lowest BCUT2D eigenvalue weighted by Gasteiger charge is -2.35. The predicted octanol–water partition coefficient (Wildman–Crippen LogP) is 3.47. The molecule has 3 heterocycles. The maximum Gasteiger partial charge on any atom is 0.324 e. The van der Waals surface area contributed by atoms with Crippen LogP contribution in [-0.2, 0) is 17.6 Å². The Morgan fingerprint density at radius 2 is 1.25 bits per heavy atom. The molecule has 3 aliphatic heterocycles.